The molecule has 1 aliphatic heterocycles. The van der Waals surface area contributed by atoms with Crippen LogP contribution in [0.4, 0.5) is 4.39 Å². The number of hydrogen-bond donors (Lipinski definition) is 1. The molecule has 2 rings (SSSR count). The molecule has 0 bridgehead atoms. The van der Waals surface area contributed by atoms with Crippen molar-refractivity contribution in [3.8, 4) is 0 Å². The minimum atomic E-state index is -0.0687. The summed E-state index contributed by atoms with van der Waals surface area (Å²) in [5.74, 6) is -0.0687. The van der Waals surface area contributed by atoms with Crippen LogP contribution in [0.3, 0.4) is 0 Å². The summed E-state index contributed by atoms with van der Waals surface area (Å²) in [6.45, 7) is 8.63. The van der Waals surface area contributed by atoms with Crippen LogP contribution < -0.4 is 5.32 Å². The van der Waals surface area contributed by atoms with Crippen molar-refractivity contribution in [1.82, 2.24) is 10.2 Å². The highest BCUT2D eigenvalue weighted by Gasteiger charge is 2.32. The van der Waals surface area contributed by atoms with Gasteiger partial charge in [-0.05, 0) is 25.3 Å². The summed E-state index contributed by atoms with van der Waals surface area (Å²) >= 11 is 0. The molecule has 1 aromatic rings. The molecular weight excluding hydrogens is 251 g/mol. The lowest BCUT2D eigenvalue weighted by Gasteiger charge is -2.44. The number of nitrogens with zero attached hydrogens (tertiary/aromatic N) is 1. The van der Waals surface area contributed by atoms with Crippen LogP contribution in [0.15, 0.2) is 24.3 Å². The Kier molecular flexibility index (Phi) is 5.55. The fraction of sp³-hybridized carbons (Fsp3) is 0.647. The van der Waals surface area contributed by atoms with Crippen molar-refractivity contribution in [2.45, 2.75) is 58.2 Å². The van der Waals surface area contributed by atoms with Crippen LogP contribution in [0.5, 0.6) is 0 Å². The smallest absolute Gasteiger partial charge is 0.127 e. The second-order valence-corrected chi connectivity index (χ2v) is 5.72. The number of nitrogens with one attached hydrogen (secondary N) is 1. The average molecular weight is 278 g/mol. The molecule has 1 fully saturated rings. The van der Waals surface area contributed by atoms with Crippen LogP contribution in [0.1, 0.15) is 51.6 Å². The van der Waals surface area contributed by atoms with E-state index in [1.165, 1.54) is 0 Å². The lowest BCUT2D eigenvalue weighted by atomic mass is 9.96. The molecule has 3 atom stereocenters. The lowest BCUT2D eigenvalue weighted by Crippen LogP contribution is -2.56. The molecule has 1 N–H and O–H groups in total. The molecule has 1 saturated heterocycles. The number of halogens is 1. The van der Waals surface area contributed by atoms with Crippen LogP contribution >= 0.6 is 0 Å². The highest BCUT2D eigenvalue weighted by atomic mass is 19.1. The summed E-state index contributed by atoms with van der Waals surface area (Å²) < 4.78 is 14.1. The van der Waals surface area contributed by atoms with Gasteiger partial charge in [0.1, 0.15) is 5.82 Å². The molecule has 0 spiro atoms. The summed E-state index contributed by atoms with van der Waals surface area (Å²) in [4.78, 5) is 2.52. The van der Waals surface area contributed by atoms with Gasteiger partial charge in [-0.2, -0.15) is 0 Å². The number of piperazine rings is 1. The minimum Gasteiger partial charge on any atom is -0.311 e. The first-order valence-corrected chi connectivity index (χ1v) is 7.94. The van der Waals surface area contributed by atoms with Gasteiger partial charge in [-0.1, -0.05) is 39.0 Å². The number of hydrogen-bond acceptors (Lipinski definition) is 2. The Morgan fingerprint density at radius 3 is 2.60 bits per heavy atom. The topological polar surface area (TPSA) is 15.3 Å². The van der Waals surface area contributed by atoms with Gasteiger partial charge < -0.3 is 5.32 Å². The summed E-state index contributed by atoms with van der Waals surface area (Å²) in [7, 11) is 0. The predicted molar refractivity (Wildman–Crippen MR) is 82.3 cm³/mol. The molecule has 1 heterocycles. The van der Waals surface area contributed by atoms with Crippen molar-refractivity contribution in [3.63, 3.8) is 0 Å². The van der Waals surface area contributed by atoms with Gasteiger partial charge in [-0.25, -0.2) is 4.39 Å². The second kappa shape index (κ2) is 7.19. The average Bonchev–Trinajstić information content (AvgIpc) is 2.49. The fourth-order valence-electron chi connectivity index (χ4n) is 3.30. The Labute approximate surface area is 122 Å². The molecule has 0 aromatic heterocycles. The van der Waals surface area contributed by atoms with E-state index in [1.54, 1.807) is 12.1 Å². The molecule has 3 unspecified atom stereocenters. The minimum absolute atomic E-state index is 0.0687. The Morgan fingerprint density at radius 2 is 2.00 bits per heavy atom. The van der Waals surface area contributed by atoms with Crippen molar-refractivity contribution in [2.75, 3.05) is 13.1 Å². The van der Waals surface area contributed by atoms with Crippen molar-refractivity contribution in [3.05, 3.63) is 35.6 Å². The number of rotatable bonds is 5. The Bertz CT molecular complexity index is 421. The van der Waals surface area contributed by atoms with E-state index >= 15 is 0 Å². The first-order valence-electron chi connectivity index (χ1n) is 7.94. The maximum absolute atomic E-state index is 14.1. The molecule has 0 aliphatic carbocycles. The maximum Gasteiger partial charge on any atom is 0.127 e. The van der Waals surface area contributed by atoms with Crippen LogP contribution in [0.2, 0.25) is 0 Å². The van der Waals surface area contributed by atoms with E-state index in [4.69, 9.17) is 0 Å². The van der Waals surface area contributed by atoms with Gasteiger partial charge in [0.25, 0.3) is 0 Å². The van der Waals surface area contributed by atoms with E-state index in [9.17, 15) is 4.39 Å². The third-order valence-electron chi connectivity index (χ3n) is 4.56. The van der Waals surface area contributed by atoms with E-state index in [-0.39, 0.29) is 11.9 Å². The zero-order chi connectivity index (χ0) is 14.5. The highest BCUT2D eigenvalue weighted by molar-refractivity contribution is 5.21. The predicted octanol–water partition coefficient (Wildman–Crippen LogP) is 3.74. The van der Waals surface area contributed by atoms with Crippen LogP contribution in [0, 0.1) is 5.82 Å². The zero-order valence-corrected chi connectivity index (χ0v) is 12.9. The van der Waals surface area contributed by atoms with E-state index in [2.05, 4.69) is 31.0 Å². The first kappa shape index (κ1) is 15.5. The van der Waals surface area contributed by atoms with Crippen molar-refractivity contribution in [1.29, 1.82) is 0 Å². The molecule has 0 amide bonds. The Balaban J connectivity index is 2.25. The third kappa shape index (κ3) is 3.21. The fourth-order valence-corrected chi connectivity index (χ4v) is 3.30. The van der Waals surface area contributed by atoms with Gasteiger partial charge in [0.15, 0.2) is 0 Å². The largest absolute Gasteiger partial charge is 0.311 e. The molecule has 112 valence electrons. The molecule has 3 heteroatoms. The molecule has 20 heavy (non-hydrogen) atoms. The van der Waals surface area contributed by atoms with Gasteiger partial charge in [0.2, 0.25) is 0 Å². The SMILES string of the molecule is CCC1CN(C(CC)c2ccccc2F)C(CC)CN1. The van der Waals surface area contributed by atoms with Gasteiger partial charge in [-0.3, -0.25) is 4.90 Å². The number of benzene rings is 1. The molecule has 1 aromatic carbocycles. The Morgan fingerprint density at radius 1 is 1.25 bits per heavy atom. The highest BCUT2D eigenvalue weighted by Crippen LogP contribution is 2.30. The first-order chi connectivity index (χ1) is 9.71. The van der Waals surface area contributed by atoms with E-state index in [1.807, 2.05) is 12.1 Å². The molecular formula is C17H27FN2. The summed E-state index contributed by atoms with van der Waals surface area (Å²) in [6, 6.07) is 8.47. The monoisotopic (exact) mass is 278 g/mol. The van der Waals surface area contributed by atoms with E-state index in [0.717, 1.165) is 37.9 Å². The van der Waals surface area contributed by atoms with E-state index in [0.29, 0.717) is 12.1 Å². The van der Waals surface area contributed by atoms with Gasteiger partial charge in [0.05, 0.1) is 0 Å². The zero-order valence-electron chi connectivity index (χ0n) is 12.9. The molecule has 0 radical (unpaired) electrons. The standard InChI is InChI=1S/C17H27FN2/c1-4-13-12-20(14(5-2)11-19-13)17(6-3)15-9-7-8-10-16(15)18/h7-10,13-14,17,19H,4-6,11-12H2,1-3H3. The van der Waals surface area contributed by atoms with Gasteiger partial charge in [-0.15, -0.1) is 0 Å². The normalized spacial score (nSPS) is 25.6. The maximum atomic E-state index is 14.1. The third-order valence-corrected chi connectivity index (χ3v) is 4.56. The molecule has 2 nitrogen and oxygen atoms in total. The van der Waals surface area contributed by atoms with Crippen LogP contribution in [0.25, 0.3) is 0 Å². The lowest BCUT2D eigenvalue weighted by molar-refractivity contribution is 0.0731. The quantitative estimate of drug-likeness (QED) is 0.882. The van der Waals surface area contributed by atoms with Gasteiger partial charge in [0, 0.05) is 36.8 Å². The Hall–Kier alpha value is -0.930. The summed E-state index contributed by atoms with van der Waals surface area (Å²) in [5, 5.41) is 3.61. The molecule has 1 aliphatic rings. The van der Waals surface area contributed by atoms with Gasteiger partial charge >= 0.3 is 0 Å². The van der Waals surface area contributed by atoms with Crippen LogP contribution in [-0.4, -0.2) is 30.1 Å². The molecule has 0 saturated carbocycles. The summed E-state index contributed by atoms with van der Waals surface area (Å²) in [6.07, 6.45) is 3.18. The summed E-state index contributed by atoms with van der Waals surface area (Å²) in [5.41, 5.74) is 0.852. The van der Waals surface area contributed by atoms with Crippen molar-refractivity contribution in [2.24, 2.45) is 0 Å². The van der Waals surface area contributed by atoms with Crippen LogP contribution in [-0.2, 0) is 0 Å². The van der Waals surface area contributed by atoms with Crippen molar-refractivity contribution < 1.29 is 4.39 Å². The second-order valence-electron chi connectivity index (χ2n) is 5.72. The van der Waals surface area contributed by atoms with Crippen molar-refractivity contribution >= 4 is 0 Å². The van der Waals surface area contributed by atoms with E-state index < -0.39 is 0 Å².